The molecule has 1 saturated carbocycles. The lowest BCUT2D eigenvalue weighted by Crippen LogP contribution is -2.04. The van der Waals surface area contributed by atoms with Crippen LogP contribution in [0.5, 0.6) is 11.5 Å². The van der Waals surface area contributed by atoms with Crippen molar-refractivity contribution >= 4 is 16.7 Å². The lowest BCUT2D eigenvalue weighted by Gasteiger charge is -2.12. The Labute approximate surface area is 160 Å². The normalized spacial score (nSPS) is 13.1. The number of fused-ring (bicyclic) bond motifs is 1. The van der Waals surface area contributed by atoms with E-state index < -0.39 is 0 Å². The van der Waals surface area contributed by atoms with Gasteiger partial charge in [0.2, 0.25) is 0 Å². The first-order chi connectivity index (χ1) is 13.2. The maximum atomic E-state index is 5.47. The van der Waals surface area contributed by atoms with Gasteiger partial charge in [-0.25, -0.2) is 4.98 Å². The van der Waals surface area contributed by atoms with Gasteiger partial charge in [0.25, 0.3) is 0 Å². The van der Waals surface area contributed by atoms with E-state index in [1.807, 2.05) is 51.2 Å². The molecule has 144 valence electrons. The minimum Gasteiger partial charge on any atom is -0.497 e. The Morgan fingerprint density at radius 2 is 1.93 bits per heavy atom. The first kappa shape index (κ1) is 19.0. The molecular formula is C21H28N4O2. The molecule has 0 aliphatic heterocycles. The number of anilines is 1. The molecule has 0 saturated heterocycles. The predicted octanol–water partition coefficient (Wildman–Crippen LogP) is 4.73. The number of nitrogens with zero attached hydrogens (tertiary/aromatic N) is 3. The van der Waals surface area contributed by atoms with Gasteiger partial charge in [0.1, 0.15) is 17.3 Å². The van der Waals surface area contributed by atoms with Crippen LogP contribution >= 0.6 is 0 Å². The van der Waals surface area contributed by atoms with E-state index in [1.54, 1.807) is 14.2 Å². The summed E-state index contributed by atoms with van der Waals surface area (Å²) in [7, 11) is 3.32. The number of rotatable bonds is 6. The van der Waals surface area contributed by atoms with Crippen molar-refractivity contribution < 1.29 is 9.47 Å². The Hall–Kier alpha value is -2.76. The summed E-state index contributed by atoms with van der Waals surface area (Å²) in [4.78, 5) is 4.54. The van der Waals surface area contributed by atoms with E-state index >= 15 is 0 Å². The summed E-state index contributed by atoms with van der Waals surface area (Å²) in [5.41, 5.74) is 3.22. The molecule has 2 aromatic heterocycles. The van der Waals surface area contributed by atoms with Crippen molar-refractivity contribution in [2.24, 2.45) is 0 Å². The molecule has 1 aliphatic carbocycles. The van der Waals surface area contributed by atoms with E-state index in [0.717, 1.165) is 39.5 Å². The van der Waals surface area contributed by atoms with Crippen molar-refractivity contribution in [3.05, 3.63) is 41.7 Å². The monoisotopic (exact) mass is 368 g/mol. The van der Waals surface area contributed by atoms with Crippen molar-refractivity contribution in [3.8, 4) is 11.5 Å². The highest BCUT2D eigenvalue weighted by Gasteiger charge is 2.27. The number of pyridine rings is 1. The molecule has 1 fully saturated rings. The van der Waals surface area contributed by atoms with Crippen molar-refractivity contribution in [2.45, 2.75) is 46.2 Å². The molecule has 2 heterocycles. The number of benzene rings is 1. The lowest BCUT2D eigenvalue weighted by atomic mass is 10.2. The van der Waals surface area contributed by atoms with Crippen molar-refractivity contribution in [1.82, 2.24) is 14.8 Å². The zero-order valence-electron chi connectivity index (χ0n) is 16.7. The van der Waals surface area contributed by atoms with Crippen LogP contribution in [0.3, 0.4) is 0 Å². The number of hydrogen-bond donors (Lipinski definition) is 1. The van der Waals surface area contributed by atoms with Crippen LogP contribution in [-0.4, -0.2) is 29.0 Å². The Bertz CT molecular complexity index is 916. The fourth-order valence-corrected chi connectivity index (χ4v) is 3.17. The molecule has 0 bridgehead atoms. The molecule has 3 aromatic rings. The highest BCUT2D eigenvalue weighted by molar-refractivity contribution is 5.91. The van der Waals surface area contributed by atoms with Crippen LogP contribution in [0.2, 0.25) is 0 Å². The van der Waals surface area contributed by atoms with Crippen molar-refractivity contribution in [3.63, 3.8) is 0 Å². The molecule has 27 heavy (non-hydrogen) atoms. The molecule has 4 rings (SSSR count). The van der Waals surface area contributed by atoms with E-state index in [2.05, 4.69) is 15.0 Å². The van der Waals surface area contributed by atoms with Gasteiger partial charge in [-0.2, -0.15) is 5.10 Å². The third kappa shape index (κ3) is 3.84. The average molecular weight is 368 g/mol. The van der Waals surface area contributed by atoms with Crippen LogP contribution < -0.4 is 14.8 Å². The SMILES string of the molecule is CC.COc1ccc(CNc2nccc3c2c(C)nn3C2CC2)c(OC)c1. The molecule has 0 amide bonds. The minimum atomic E-state index is 0.549. The van der Waals surface area contributed by atoms with E-state index in [9.17, 15) is 0 Å². The van der Waals surface area contributed by atoms with Crippen molar-refractivity contribution in [1.29, 1.82) is 0 Å². The van der Waals surface area contributed by atoms with Crippen LogP contribution in [0, 0.1) is 6.92 Å². The van der Waals surface area contributed by atoms with E-state index in [1.165, 1.54) is 12.8 Å². The first-order valence-corrected chi connectivity index (χ1v) is 9.50. The van der Waals surface area contributed by atoms with Gasteiger partial charge in [0, 0.05) is 24.4 Å². The van der Waals surface area contributed by atoms with Crippen molar-refractivity contribution in [2.75, 3.05) is 19.5 Å². The van der Waals surface area contributed by atoms with Gasteiger partial charge < -0.3 is 14.8 Å². The Morgan fingerprint density at radius 3 is 2.59 bits per heavy atom. The minimum absolute atomic E-state index is 0.549. The van der Waals surface area contributed by atoms with E-state index in [4.69, 9.17) is 14.6 Å². The second-order valence-electron chi connectivity index (χ2n) is 6.35. The summed E-state index contributed by atoms with van der Waals surface area (Å²) in [6, 6.07) is 8.43. The van der Waals surface area contributed by atoms with Gasteiger partial charge >= 0.3 is 0 Å². The number of aryl methyl sites for hydroxylation is 1. The summed E-state index contributed by atoms with van der Waals surface area (Å²) in [5, 5.41) is 9.26. The second-order valence-corrected chi connectivity index (χ2v) is 6.35. The smallest absolute Gasteiger partial charge is 0.137 e. The van der Waals surface area contributed by atoms with Crippen LogP contribution in [0.4, 0.5) is 5.82 Å². The topological polar surface area (TPSA) is 61.2 Å². The molecule has 6 nitrogen and oxygen atoms in total. The maximum Gasteiger partial charge on any atom is 0.137 e. The van der Waals surface area contributed by atoms with E-state index in [0.29, 0.717) is 12.6 Å². The van der Waals surface area contributed by atoms with Gasteiger partial charge in [-0.3, -0.25) is 4.68 Å². The fraction of sp³-hybridized carbons (Fsp3) is 0.429. The number of methoxy groups -OCH3 is 2. The average Bonchev–Trinajstić information content (AvgIpc) is 3.51. The summed E-state index contributed by atoms with van der Waals surface area (Å²) in [6.07, 6.45) is 4.27. The predicted molar refractivity (Wildman–Crippen MR) is 109 cm³/mol. The molecule has 0 radical (unpaired) electrons. The second kappa shape index (κ2) is 8.29. The van der Waals surface area contributed by atoms with Gasteiger partial charge in [0.15, 0.2) is 0 Å². The van der Waals surface area contributed by atoms with Gasteiger partial charge in [0.05, 0.1) is 36.9 Å². The highest BCUT2D eigenvalue weighted by Crippen LogP contribution is 2.38. The maximum absolute atomic E-state index is 5.47. The van der Waals surface area contributed by atoms with Crippen LogP contribution in [0.25, 0.3) is 10.9 Å². The third-order valence-corrected chi connectivity index (χ3v) is 4.63. The summed E-state index contributed by atoms with van der Waals surface area (Å²) < 4.78 is 12.9. The molecule has 0 spiro atoms. The molecular weight excluding hydrogens is 340 g/mol. The molecule has 0 unspecified atom stereocenters. The largest absolute Gasteiger partial charge is 0.497 e. The summed E-state index contributed by atoms with van der Waals surface area (Å²) >= 11 is 0. The number of aromatic nitrogens is 3. The van der Waals surface area contributed by atoms with Crippen LogP contribution in [-0.2, 0) is 6.54 Å². The highest BCUT2D eigenvalue weighted by atomic mass is 16.5. The first-order valence-electron chi connectivity index (χ1n) is 9.50. The standard InChI is InChI=1S/C19H22N4O2.C2H6/c1-12-18-16(23(22-12)14-5-6-14)8-9-20-19(18)21-11-13-4-7-15(24-2)10-17(13)25-3;1-2/h4,7-10,14H,5-6,11H2,1-3H3,(H,20,21);1-2H3. The Morgan fingerprint density at radius 1 is 1.15 bits per heavy atom. The van der Waals surface area contributed by atoms with E-state index in [-0.39, 0.29) is 0 Å². The number of nitrogens with one attached hydrogen (secondary N) is 1. The van der Waals surface area contributed by atoms with Crippen LogP contribution in [0.15, 0.2) is 30.5 Å². The number of hydrogen-bond acceptors (Lipinski definition) is 5. The van der Waals surface area contributed by atoms with Gasteiger partial charge in [-0.15, -0.1) is 0 Å². The van der Waals surface area contributed by atoms with Gasteiger partial charge in [-0.05, 0) is 38.0 Å². The zero-order chi connectivity index (χ0) is 19.4. The Kier molecular flexibility index (Phi) is 5.84. The zero-order valence-corrected chi connectivity index (χ0v) is 16.7. The molecule has 1 N–H and O–H groups in total. The summed E-state index contributed by atoms with van der Waals surface area (Å²) in [6.45, 7) is 6.66. The number of ether oxygens (including phenoxy) is 2. The van der Waals surface area contributed by atoms with Crippen LogP contribution in [0.1, 0.15) is 44.0 Å². The molecule has 1 aliphatic rings. The quantitative estimate of drug-likeness (QED) is 0.681. The lowest BCUT2D eigenvalue weighted by molar-refractivity contribution is 0.391. The Balaban J connectivity index is 0.00000102. The van der Waals surface area contributed by atoms with Gasteiger partial charge in [-0.1, -0.05) is 13.8 Å². The fourth-order valence-electron chi connectivity index (χ4n) is 3.17. The summed E-state index contributed by atoms with van der Waals surface area (Å²) in [5.74, 6) is 2.44. The molecule has 1 aromatic carbocycles. The molecule has 0 atom stereocenters. The third-order valence-electron chi connectivity index (χ3n) is 4.63. The molecule has 6 heteroatoms.